The van der Waals surface area contributed by atoms with Crippen molar-refractivity contribution in [3.63, 3.8) is 0 Å². The predicted octanol–water partition coefficient (Wildman–Crippen LogP) is 4.09. The number of esters is 1. The minimum atomic E-state index is -0.507. The van der Waals surface area contributed by atoms with Crippen LogP contribution in [0, 0.1) is 0 Å². The summed E-state index contributed by atoms with van der Waals surface area (Å²) in [4.78, 5) is 23.9. The van der Waals surface area contributed by atoms with Crippen molar-refractivity contribution in [2.45, 2.75) is 13.0 Å². The highest BCUT2D eigenvalue weighted by Crippen LogP contribution is 2.25. The third-order valence-corrected chi connectivity index (χ3v) is 4.47. The van der Waals surface area contributed by atoms with Crippen LogP contribution in [0.5, 0.6) is 0 Å². The number of thiophene rings is 1. The lowest BCUT2D eigenvalue weighted by Gasteiger charge is -2.15. The lowest BCUT2D eigenvalue weighted by Crippen LogP contribution is -2.31. The van der Waals surface area contributed by atoms with Crippen molar-refractivity contribution in [3.05, 3.63) is 56.2 Å². The zero-order valence-corrected chi connectivity index (χ0v) is 14.0. The standard InChI is InChI=1S/C15H13Cl2NO3S/c1-9(10-4-5-11(16)12(17)7-10)18-14(19)8-21-15(20)13-3-2-6-22-13/h2-7,9H,8H2,1H3,(H,18,19)/t9-/m1/s1. The molecule has 1 N–H and O–H groups in total. The topological polar surface area (TPSA) is 55.4 Å². The number of hydrogen-bond donors (Lipinski definition) is 1. The molecule has 1 aromatic carbocycles. The van der Waals surface area contributed by atoms with Gasteiger partial charge in [-0.3, -0.25) is 4.79 Å². The van der Waals surface area contributed by atoms with Crippen LogP contribution >= 0.6 is 34.5 Å². The van der Waals surface area contributed by atoms with Crippen LogP contribution in [0.2, 0.25) is 10.0 Å². The predicted molar refractivity (Wildman–Crippen MR) is 87.6 cm³/mol. The molecular formula is C15H13Cl2NO3S. The molecule has 4 nitrogen and oxygen atoms in total. The minimum Gasteiger partial charge on any atom is -0.451 e. The van der Waals surface area contributed by atoms with E-state index in [0.717, 1.165) is 5.56 Å². The number of halogens is 2. The van der Waals surface area contributed by atoms with Gasteiger partial charge in [0.05, 0.1) is 16.1 Å². The fourth-order valence-corrected chi connectivity index (χ4v) is 2.67. The van der Waals surface area contributed by atoms with E-state index < -0.39 is 5.97 Å². The van der Waals surface area contributed by atoms with E-state index in [1.54, 1.807) is 42.6 Å². The molecule has 0 aliphatic rings. The van der Waals surface area contributed by atoms with Gasteiger partial charge in [0.15, 0.2) is 6.61 Å². The van der Waals surface area contributed by atoms with Gasteiger partial charge in [0.25, 0.3) is 5.91 Å². The Morgan fingerprint density at radius 1 is 1.27 bits per heavy atom. The van der Waals surface area contributed by atoms with Gasteiger partial charge in [-0.2, -0.15) is 0 Å². The summed E-state index contributed by atoms with van der Waals surface area (Å²) < 4.78 is 4.94. The van der Waals surface area contributed by atoms with Crippen LogP contribution in [-0.2, 0) is 9.53 Å². The van der Waals surface area contributed by atoms with Crippen molar-refractivity contribution in [3.8, 4) is 0 Å². The first-order valence-electron chi connectivity index (χ1n) is 6.42. The second kappa shape index (κ2) is 7.63. The van der Waals surface area contributed by atoms with E-state index in [-0.39, 0.29) is 18.6 Å². The van der Waals surface area contributed by atoms with Crippen molar-refractivity contribution in [2.75, 3.05) is 6.61 Å². The van der Waals surface area contributed by atoms with E-state index >= 15 is 0 Å². The van der Waals surface area contributed by atoms with Crippen molar-refractivity contribution >= 4 is 46.4 Å². The third kappa shape index (κ3) is 4.47. The first-order chi connectivity index (χ1) is 10.5. The highest BCUT2D eigenvalue weighted by Gasteiger charge is 2.14. The van der Waals surface area contributed by atoms with Crippen LogP contribution in [-0.4, -0.2) is 18.5 Å². The second-order valence-corrected chi connectivity index (χ2v) is 6.28. The molecule has 22 heavy (non-hydrogen) atoms. The third-order valence-electron chi connectivity index (χ3n) is 2.88. The Morgan fingerprint density at radius 2 is 2.05 bits per heavy atom. The second-order valence-electron chi connectivity index (χ2n) is 4.52. The molecule has 2 rings (SSSR count). The largest absolute Gasteiger partial charge is 0.451 e. The number of amides is 1. The SMILES string of the molecule is C[C@@H](NC(=O)COC(=O)c1cccs1)c1ccc(Cl)c(Cl)c1. The molecule has 2 aromatic rings. The maximum Gasteiger partial charge on any atom is 0.348 e. The Hall–Kier alpha value is -1.56. The summed E-state index contributed by atoms with van der Waals surface area (Å²) >= 11 is 13.1. The summed E-state index contributed by atoms with van der Waals surface area (Å²) in [6.07, 6.45) is 0. The Kier molecular flexibility index (Phi) is 5.83. The van der Waals surface area contributed by atoms with E-state index in [9.17, 15) is 9.59 Å². The van der Waals surface area contributed by atoms with Crippen LogP contribution in [0.15, 0.2) is 35.7 Å². The van der Waals surface area contributed by atoms with Gasteiger partial charge in [-0.15, -0.1) is 11.3 Å². The van der Waals surface area contributed by atoms with E-state index in [0.29, 0.717) is 14.9 Å². The number of ether oxygens (including phenoxy) is 1. The summed E-state index contributed by atoms with van der Waals surface area (Å²) in [6.45, 7) is 1.47. The van der Waals surface area contributed by atoms with Crippen molar-refractivity contribution in [2.24, 2.45) is 0 Å². The minimum absolute atomic E-state index is 0.275. The molecule has 0 spiro atoms. The Morgan fingerprint density at radius 3 is 2.68 bits per heavy atom. The molecule has 0 bridgehead atoms. The summed E-state index contributed by atoms with van der Waals surface area (Å²) in [7, 11) is 0. The smallest absolute Gasteiger partial charge is 0.348 e. The van der Waals surface area contributed by atoms with E-state index in [1.165, 1.54) is 11.3 Å². The summed E-state index contributed by atoms with van der Waals surface area (Å²) in [5.41, 5.74) is 0.812. The first-order valence-corrected chi connectivity index (χ1v) is 8.06. The maximum absolute atomic E-state index is 11.8. The zero-order chi connectivity index (χ0) is 16.1. The molecule has 0 saturated carbocycles. The van der Waals surface area contributed by atoms with Gasteiger partial charge < -0.3 is 10.1 Å². The lowest BCUT2D eigenvalue weighted by molar-refractivity contribution is -0.124. The Balaban J connectivity index is 1.86. The molecule has 0 fully saturated rings. The molecule has 0 aliphatic carbocycles. The number of carbonyl (C=O) groups excluding carboxylic acids is 2. The van der Waals surface area contributed by atoms with Gasteiger partial charge in [0.1, 0.15) is 4.88 Å². The van der Waals surface area contributed by atoms with Crippen molar-refractivity contribution in [1.29, 1.82) is 0 Å². The molecule has 0 radical (unpaired) electrons. The molecule has 0 aliphatic heterocycles. The summed E-state index contributed by atoms with van der Waals surface area (Å²) in [5, 5.41) is 5.37. The summed E-state index contributed by atoms with van der Waals surface area (Å²) in [6, 6.07) is 8.24. The fraction of sp³-hybridized carbons (Fsp3) is 0.200. The number of hydrogen-bond acceptors (Lipinski definition) is 4. The average molecular weight is 358 g/mol. The van der Waals surface area contributed by atoms with Gasteiger partial charge in [0.2, 0.25) is 0 Å². The van der Waals surface area contributed by atoms with Crippen LogP contribution in [0.1, 0.15) is 28.2 Å². The first kappa shape index (κ1) is 16.8. The van der Waals surface area contributed by atoms with Crippen LogP contribution in [0.4, 0.5) is 0 Å². The van der Waals surface area contributed by atoms with E-state index in [1.807, 2.05) is 0 Å². The molecule has 116 valence electrons. The normalized spacial score (nSPS) is 11.8. The number of nitrogens with one attached hydrogen (secondary N) is 1. The lowest BCUT2D eigenvalue weighted by atomic mass is 10.1. The number of benzene rings is 1. The van der Waals surface area contributed by atoms with E-state index in [4.69, 9.17) is 27.9 Å². The highest BCUT2D eigenvalue weighted by atomic mass is 35.5. The molecule has 1 amide bonds. The molecular weight excluding hydrogens is 345 g/mol. The Bertz CT molecular complexity index is 673. The molecule has 1 atom stereocenters. The van der Waals surface area contributed by atoms with Crippen LogP contribution < -0.4 is 5.32 Å². The quantitative estimate of drug-likeness (QED) is 0.819. The fourth-order valence-electron chi connectivity index (χ4n) is 1.75. The van der Waals surface area contributed by atoms with Crippen LogP contribution in [0.25, 0.3) is 0 Å². The van der Waals surface area contributed by atoms with Gasteiger partial charge in [-0.25, -0.2) is 4.79 Å². The molecule has 7 heteroatoms. The van der Waals surface area contributed by atoms with Gasteiger partial charge in [-0.05, 0) is 36.1 Å². The zero-order valence-electron chi connectivity index (χ0n) is 11.6. The van der Waals surface area contributed by atoms with Gasteiger partial charge >= 0.3 is 5.97 Å². The van der Waals surface area contributed by atoms with Gasteiger partial charge in [0, 0.05) is 0 Å². The number of rotatable bonds is 5. The average Bonchev–Trinajstić information content (AvgIpc) is 3.02. The van der Waals surface area contributed by atoms with Crippen molar-refractivity contribution in [1.82, 2.24) is 5.32 Å². The highest BCUT2D eigenvalue weighted by molar-refractivity contribution is 7.11. The van der Waals surface area contributed by atoms with Crippen molar-refractivity contribution < 1.29 is 14.3 Å². The molecule has 0 saturated heterocycles. The monoisotopic (exact) mass is 357 g/mol. The van der Waals surface area contributed by atoms with E-state index in [2.05, 4.69) is 5.32 Å². The van der Waals surface area contributed by atoms with Gasteiger partial charge in [-0.1, -0.05) is 35.3 Å². The molecule has 0 unspecified atom stereocenters. The maximum atomic E-state index is 11.8. The molecule has 1 heterocycles. The van der Waals surface area contributed by atoms with Crippen LogP contribution in [0.3, 0.4) is 0 Å². The Labute approximate surface area is 142 Å². The molecule has 1 aromatic heterocycles. The number of carbonyl (C=O) groups is 2. The summed E-state index contributed by atoms with van der Waals surface area (Å²) in [5.74, 6) is -0.893.